The molecule has 4 heteroatoms. The van der Waals surface area contributed by atoms with Crippen molar-refractivity contribution in [2.75, 3.05) is 0 Å². The second kappa shape index (κ2) is 5.81. The average molecular weight is 329 g/mol. The zero-order valence-electron chi connectivity index (χ0n) is 14.7. The first-order chi connectivity index (χ1) is 12.0. The van der Waals surface area contributed by atoms with Gasteiger partial charge >= 0.3 is 5.65 Å². The van der Waals surface area contributed by atoms with Gasteiger partial charge in [-0.1, -0.05) is 57.2 Å². The van der Waals surface area contributed by atoms with Gasteiger partial charge in [-0.15, -0.1) is 4.98 Å². The number of nitrogens with zero attached hydrogens (tertiary/aromatic N) is 4. The van der Waals surface area contributed by atoms with Crippen LogP contribution in [0, 0.1) is 0 Å². The van der Waals surface area contributed by atoms with Crippen molar-refractivity contribution in [3.8, 4) is 11.4 Å². The summed E-state index contributed by atoms with van der Waals surface area (Å²) in [5.74, 6) is 0. The number of benzene rings is 2. The van der Waals surface area contributed by atoms with E-state index in [2.05, 4.69) is 60.5 Å². The number of hydrogen-bond donors (Lipinski definition) is 0. The molecule has 4 rings (SSSR count). The number of rotatable bonds is 2. The monoisotopic (exact) mass is 329 g/mol. The van der Waals surface area contributed by atoms with E-state index in [0.717, 1.165) is 28.4 Å². The van der Waals surface area contributed by atoms with Crippen molar-refractivity contribution in [3.63, 3.8) is 0 Å². The minimum atomic E-state index is -0.0510. The van der Waals surface area contributed by atoms with Gasteiger partial charge in [0.2, 0.25) is 6.33 Å². The quantitative estimate of drug-likeness (QED) is 0.521. The van der Waals surface area contributed by atoms with Gasteiger partial charge in [0.25, 0.3) is 5.65 Å². The van der Waals surface area contributed by atoms with E-state index >= 15 is 0 Å². The minimum Gasteiger partial charge on any atom is -0.211 e. The molecule has 2 aromatic carbocycles. The van der Waals surface area contributed by atoms with E-state index in [1.807, 2.05) is 42.6 Å². The third-order valence-electron chi connectivity index (χ3n) is 4.26. The molecule has 0 aliphatic rings. The largest absolute Gasteiger partial charge is 0.327 e. The molecule has 0 spiro atoms. The van der Waals surface area contributed by atoms with Gasteiger partial charge in [-0.3, -0.25) is 0 Å². The molecule has 25 heavy (non-hydrogen) atoms. The zero-order valence-corrected chi connectivity index (χ0v) is 14.7. The molecule has 0 radical (unpaired) electrons. The van der Waals surface area contributed by atoms with E-state index in [1.165, 1.54) is 0 Å². The molecule has 0 fully saturated rings. The Labute approximate surface area is 147 Å². The van der Waals surface area contributed by atoms with Crippen LogP contribution in [-0.2, 0) is 5.41 Å². The fourth-order valence-electron chi connectivity index (χ4n) is 2.85. The SMILES string of the molecule is CC(C)(C)c1cnc2c(n1)n(-c1ccccc1)c[n+]2-c1ccccc1. The Morgan fingerprint density at radius 2 is 1.52 bits per heavy atom. The molecular formula is C21H21N4+. The lowest BCUT2D eigenvalue weighted by molar-refractivity contribution is -0.570. The molecule has 0 bridgehead atoms. The van der Waals surface area contributed by atoms with Crippen molar-refractivity contribution in [2.24, 2.45) is 0 Å². The van der Waals surface area contributed by atoms with Gasteiger partial charge in [0.05, 0.1) is 5.69 Å². The van der Waals surface area contributed by atoms with E-state index in [1.54, 1.807) is 0 Å². The first-order valence-electron chi connectivity index (χ1n) is 8.45. The summed E-state index contributed by atoms with van der Waals surface area (Å²) >= 11 is 0. The molecule has 0 saturated heterocycles. The Bertz CT molecular complexity index is 1010. The van der Waals surface area contributed by atoms with Crippen molar-refractivity contribution < 1.29 is 4.57 Å². The van der Waals surface area contributed by atoms with E-state index < -0.39 is 0 Å². The lowest BCUT2D eigenvalue weighted by Crippen LogP contribution is -2.29. The predicted octanol–water partition coefficient (Wildman–Crippen LogP) is 3.99. The van der Waals surface area contributed by atoms with Crippen molar-refractivity contribution in [1.29, 1.82) is 0 Å². The van der Waals surface area contributed by atoms with Crippen molar-refractivity contribution in [1.82, 2.24) is 14.5 Å². The Kier molecular flexibility index (Phi) is 3.61. The van der Waals surface area contributed by atoms with E-state index in [4.69, 9.17) is 9.97 Å². The highest BCUT2D eigenvalue weighted by atomic mass is 15.2. The highest BCUT2D eigenvalue weighted by Crippen LogP contribution is 2.22. The fourth-order valence-corrected chi connectivity index (χ4v) is 2.85. The van der Waals surface area contributed by atoms with E-state index in [0.29, 0.717) is 0 Å². The number of para-hydroxylation sites is 2. The van der Waals surface area contributed by atoms with Crippen molar-refractivity contribution >= 4 is 11.3 Å². The van der Waals surface area contributed by atoms with Gasteiger partial charge < -0.3 is 0 Å². The smallest absolute Gasteiger partial charge is 0.211 e. The van der Waals surface area contributed by atoms with Crippen molar-refractivity contribution in [2.45, 2.75) is 26.2 Å². The summed E-state index contributed by atoms with van der Waals surface area (Å²) in [5.41, 5.74) is 4.79. The molecular weight excluding hydrogens is 308 g/mol. The summed E-state index contributed by atoms with van der Waals surface area (Å²) < 4.78 is 4.19. The van der Waals surface area contributed by atoms with Gasteiger partial charge in [0, 0.05) is 5.41 Å². The number of imidazole rings is 1. The topological polar surface area (TPSA) is 34.6 Å². The molecule has 0 aliphatic heterocycles. The number of hydrogen-bond acceptors (Lipinski definition) is 2. The molecule has 0 aliphatic carbocycles. The molecule has 0 amide bonds. The van der Waals surface area contributed by atoms with Gasteiger partial charge in [-0.2, -0.15) is 4.57 Å². The van der Waals surface area contributed by atoms with Crippen LogP contribution in [0.1, 0.15) is 26.5 Å². The number of fused-ring (bicyclic) bond motifs is 1. The van der Waals surface area contributed by atoms with Crippen LogP contribution in [0.5, 0.6) is 0 Å². The standard InChI is InChI=1S/C21H21N4/c1-21(2,3)18-14-22-19-20(23-18)25(17-12-8-5-9-13-17)15-24(19)16-10-6-4-7-11-16/h4-15H,1-3H3/q+1. The van der Waals surface area contributed by atoms with Gasteiger partial charge in [-0.05, 0) is 24.3 Å². The Morgan fingerprint density at radius 1 is 0.880 bits per heavy atom. The lowest BCUT2D eigenvalue weighted by atomic mass is 9.93. The molecule has 0 saturated carbocycles. The molecule has 0 unspecified atom stereocenters. The van der Waals surface area contributed by atoms with E-state index in [-0.39, 0.29) is 5.41 Å². The molecule has 4 nitrogen and oxygen atoms in total. The first-order valence-corrected chi connectivity index (χ1v) is 8.45. The van der Waals surface area contributed by atoms with E-state index in [9.17, 15) is 0 Å². The predicted molar refractivity (Wildman–Crippen MR) is 99.1 cm³/mol. The molecule has 2 heterocycles. The molecule has 0 atom stereocenters. The van der Waals surface area contributed by atoms with Crippen LogP contribution in [0.15, 0.2) is 73.2 Å². The highest BCUT2D eigenvalue weighted by molar-refractivity contribution is 5.66. The lowest BCUT2D eigenvalue weighted by Gasteiger charge is -2.15. The Morgan fingerprint density at radius 3 is 2.16 bits per heavy atom. The Balaban J connectivity index is 2.02. The van der Waals surface area contributed by atoms with Crippen LogP contribution in [-0.4, -0.2) is 14.5 Å². The van der Waals surface area contributed by atoms with Gasteiger partial charge in [0.1, 0.15) is 17.6 Å². The zero-order chi connectivity index (χ0) is 17.4. The van der Waals surface area contributed by atoms with Crippen LogP contribution >= 0.6 is 0 Å². The van der Waals surface area contributed by atoms with Crippen LogP contribution in [0.25, 0.3) is 22.7 Å². The fraction of sp³-hybridized carbons (Fsp3) is 0.190. The summed E-state index contributed by atoms with van der Waals surface area (Å²) in [6.45, 7) is 6.47. The second-order valence-electron chi connectivity index (χ2n) is 7.18. The summed E-state index contributed by atoms with van der Waals surface area (Å²) in [6, 6.07) is 20.5. The minimum absolute atomic E-state index is 0.0510. The molecule has 0 N–H and O–H groups in total. The average Bonchev–Trinajstić information content (AvgIpc) is 3.01. The maximum atomic E-state index is 4.95. The second-order valence-corrected chi connectivity index (χ2v) is 7.18. The third-order valence-corrected chi connectivity index (χ3v) is 4.26. The maximum Gasteiger partial charge on any atom is 0.327 e. The summed E-state index contributed by atoms with van der Waals surface area (Å²) in [4.78, 5) is 9.70. The Hall–Kier alpha value is -3.01. The normalized spacial score (nSPS) is 11.8. The summed E-state index contributed by atoms with van der Waals surface area (Å²) in [6.07, 6.45) is 3.94. The van der Waals surface area contributed by atoms with Gasteiger partial charge in [-0.25, -0.2) is 9.55 Å². The van der Waals surface area contributed by atoms with Crippen LogP contribution in [0.4, 0.5) is 0 Å². The van der Waals surface area contributed by atoms with Crippen molar-refractivity contribution in [3.05, 3.63) is 78.9 Å². The van der Waals surface area contributed by atoms with Crippen LogP contribution in [0.3, 0.4) is 0 Å². The highest BCUT2D eigenvalue weighted by Gasteiger charge is 2.25. The maximum absolute atomic E-state index is 4.95. The molecule has 124 valence electrons. The third kappa shape index (κ3) is 2.80. The van der Waals surface area contributed by atoms with Crippen LogP contribution in [0.2, 0.25) is 0 Å². The first kappa shape index (κ1) is 15.5. The summed E-state index contributed by atoms with van der Waals surface area (Å²) in [5, 5.41) is 0. The number of aromatic nitrogens is 4. The molecule has 2 aromatic heterocycles. The summed E-state index contributed by atoms with van der Waals surface area (Å²) in [7, 11) is 0. The van der Waals surface area contributed by atoms with Crippen LogP contribution < -0.4 is 4.57 Å². The molecule has 4 aromatic rings. The van der Waals surface area contributed by atoms with Gasteiger partial charge in [0.15, 0.2) is 0 Å².